The molecular formula is C13H16F3NO2S. The van der Waals surface area contributed by atoms with E-state index in [1.165, 1.54) is 24.3 Å². The number of ether oxygens (including phenoxy) is 1. The third kappa shape index (κ3) is 5.42. The number of unbranched alkanes of at least 4 members (excludes halogenated alkanes) is 1. The Morgan fingerprint density at radius 2 is 1.90 bits per heavy atom. The topological polar surface area (TPSA) is 44.6 Å². The predicted octanol–water partition coefficient (Wildman–Crippen LogP) is 3.51. The fraction of sp³-hybridized carbons (Fsp3) is 0.462. The summed E-state index contributed by atoms with van der Waals surface area (Å²) in [5, 5.41) is 0. The van der Waals surface area contributed by atoms with Crippen LogP contribution in [0.5, 0.6) is 5.75 Å². The van der Waals surface area contributed by atoms with Gasteiger partial charge in [-0.2, -0.15) is 13.2 Å². The molecule has 0 fully saturated rings. The number of nitrogens with zero attached hydrogens (tertiary/aromatic N) is 1. The normalized spacial score (nSPS) is 14.2. The van der Waals surface area contributed by atoms with E-state index in [0.29, 0.717) is 12.4 Å². The van der Waals surface area contributed by atoms with Crippen molar-refractivity contribution in [3.8, 4) is 5.75 Å². The summed E-state index contributed by atoms with van der Waals surface area (Å²) in [6.07, 6.45) is -1.69. The molecule has 1 aromatic carbocycles. The van der Waals surface area contributed by atoms with Crippen molar-refractivity contribution in [2.24, 2.45) is 4.40 Å². The molecule has 7 heteroatoms. The van der Waals surface area contributed by atoms with Crippen molar-refractivity contribution in [3.63, 3.8) is 0 Å². The summed E-state index contributed by atoms with van der Waals surface area (Å²) < 4.78 is 57.9. The Kier molecular flexibility index (Phi) is 6.35. The molecule has 0 aliphatic rings. The molecule has 0 spiro atoms. The molecule has 0 amide bonds. The zero-order chi connectivity index (χ0) is 15.2. The second-order valence-corrected chi connectivity index (χ2v) is 5.12. The Morgan fingerprint density at radius 1 is 1.30 bits per heavy atom. The molecule has 20 heavy (non-hydrogen) atoms. The number of alkyl halides is 3. The maximum atomic E-state index is 12.8. The zero-order valence-electron chi connectivity index (χ0n) is 11.2. The molecule has 0 saturated heterocycles. The highest BCUT2D eigenvalue weighted by Gasteiger charge is 2.39. The second kappa shape index (κ2) is 7.54. The van der Waals surface area contributed by atoms with E-state index >= 15 is 0 Å². The van der Waals surface area contributed by atoms with Gasteiger partial charge in [-0.25, -0.2) is 0 Å². The predicted molar refractivity (Wildman–Crippen MR) is 73.5 cm³/mol. The van der Waals surface area contributed by atoms with Gasteiger partial charge in [0.1, 0.15) is 12.0 Å². The monoisotopic (exact) mass is 307 g/mol. The van der Waals surface area contributed by atoms with Crippen LogP contribution in [0, 0.1) is 0 Å². The summed E-state index contributed by atoms with van der Waals surface area (Å²) in [6.45, 7) is 2.54. The van der Waals surface area contributed by atoms with Crippen molar-refractivity contribution in [2.45, 2.75) is 25.9 Å². The molecule has 0 unspecified atom stereocenters. The van der Waals surface area contributed by atoms with Crippen LogP contribution < -0.4 is 4.74 Å². The zero-order valence-corrected chi connectivity index (χ0v) is 12.1. The van der Waals surface area contributed by atoms with Crippen LogP contribution in [0.15, 0.2) is 28.7 Å². The third-order valence-corrected chi connectivity index (χ3v) is 2.82. The van der Waals surface area contributed by atoms with Crippen molar-refractivity contribution >= 4 is 17.1 Å². The van der Waals surface area contributed by atoms with E-state index in [1.807, 2.05) is 6.92 Å². The Morgan fingerprint density at radius 3 is 2.35 bits per heavy atom. The van der Waals surface area contributed by atoms with Crippen LogP contribution in [-0.4, -0.2) is 29.3 Å². The highest BCUT2D eigenvalue weighted by molar-refractivity contribution is 7.89. The second-order valence-electron chi connectivity index (χ2n) is 4.09. The summed E-state index contributed by atoms with van der Waals surface area (Å²) in [5.74, 6) is 0.501. The van der Waals surface area contributed by atoms with E-state index in [9.17, 15) is 17.7 Å². The standard InChI is InChI=1S/C13H16F3NO2S/c1-3-4-9-19-11-7-5-10(6-8-11)12(13(14,15)16)17-20(2)18/h5-8H,3-4,9H2,1-2H3/b17-12+/t20-/m0/s1. The summed E-state index contributed by atoms with van der Waals surface area (Å²) in [6, 6.07) is 5.43. The Labute approximate surface area is 119 Å². The minimum absolute atomic E-state index is 0.129. The number of halogens is 3. The van der Waals surface area contributed by atoms with E-state index in [-0.39, 0.29) is 5.56 Å². The summed E-state index contributed by atoms with van der Waals surface area (Å²) in [5.41, 5.74) is -1.27. The smallest absolute Gasteiger partial charge is 0.438 e. The summed E-state index contributed by atoms with van der Waals surface area (Å²) in [4.78, 5) is 0. The molecule has 0 N–H and O–H groups in total. The molecule has 0 aromatic heterocycles. The number of hydrogen-bond acceptors (Lipinski definition) is 3. The minimum Gasteiger partial charge on any atom is -0.591 e. The Bertz CT molecular complexity index is 444. The van der Waals surface area contributed by atoms with Gasteiger partial charge in [0.05, 0.1) is 18.0 Å². The van der Waals surface area contributed by atoms with Crippen LogP contribution >= 0.6 is 0 Å². The van der Waals surface area contributed by atoms with Gasteiger partial charge in [-0.3, -0.25) is 0 Å². The van der Waals surface area contributed by atoms with Gasteiger partial charge in [-0.15, -0.1) is 0 Å². The molecule has 1 rings (SSSR count). The molecule has 0 radical (unpaired) electrons. The molecule has 0 heterocycles. The van der Waals surface area contributed by atoms with Crippen LogP contribution in [0.4, 0.5) is 13.2 Å². The highest BCUT2D eigenvalue weighted by atomic mass is 32.2. The van der Waals surface area contributed by atoms with E-state index in [4.69, 9.17) is 4.74 Å². The summed E-state index contributed by atoms with van der Waals surface area (Å²) >= 11 is -1.92. The van der Waals surface area contributed by atoms with Crippen molar-refractivity contribution in [2.75, 3.05) is 12.9 Å². The van der Waals surface area contributed by atoms with Crippen LogP contribution in [-0.2, 0) is 11.4 Å². The molecule has 1 atom stereocenters. The van der Waals surface area contributed by atoms with Crippen LogP contribution in [0.1, 0.15) is 25.3 Å². The SMILES string of the molecule is CCCCOc1ccc(/C(=N\[S@+](C)[O-])C(F)(F)F)cc1. The fourth-order valence-electron chi connectivity index (χ4n) is 1.44. The molecule has 3 nitrogen and oxygen atoms in total. The first-order valence-electron chi connectivity index (χ1n) is 6.07. The first-order chi connectivity index (χ1) is 9.34. The molecule has 0 bridgehead atoms. The van der Waals surface area contributed by atoms with Crippen molar-refractivity contribution in [1.29, 1.82) is 0 Å². The summed E-state index contributed by atoms with van der Waals surface area (Å²) in [7, 11) is 0. The van der Waals surface area contributed by atoms with Gasteiger partial charge in [0.15, 0.2) is 0 Å². The lowest BCUT2D eigenvalue weighted by Crippen LogP contribution is -2.25. The lowest BCUT2D eigenvalue weighted by Gasteiger charge is -2.11. The number of rotatable bonds is 6. The van der Waals surface area contributed by atoms with Gasteiger partial charge in [0.2, 0.25) is 5.71 Å². The molecule has 1 aromatic rings. The van der Waals surface area contributed by atoms with E-state index in [1.54, 1.807) is 0 Å². The van der Waals surface area contributed by atoms with Gasteiger partial charge in [0.25, 0.3) is 0 Å². The van der Waals surface area contributed by atoms with Gasteiger partial charge < -0.3 is 9.29 Å². The first-order valence-corrected chi connectivity index (χ1v) is 7.58. The van der Waals surface area contributed by atoms with E-state index < -0.39 is 23.2 Å². The average molecular weight is 307 g/mol. The van der Waals surface area contributed by atoms with Crippen LogP contribution in [0.25, 0.3) is 0 Å². The highest BCUT2D eigenvalue weighted by Crippen LogP contribution is 2.25. The lowest BCUT2D eigenvalue weighted by atomic mass is 10.1. The average Bonchev–Trinajstić information content (AvgIpc) is 2.36. The maximum absolute atomic E-state index is 12.8. The van der Waals surface area contributed by atoms with Crippen LogP contribution in [0.3, 0.4) is 0 Å². The quantitative estimate of drug-likeness (QED) is 0.458. The Balaban J connectivity index is 2.89. The third-order valence-electron chi connectivity index (χ3n) is 2.38. The molecule has 0 aliphatic heterocycles. The first kappa shape index (κ1) is 16.8. The lowest BCUT2D eigenvalue weighted by molar-refractivity contribution is -0.0578. The van der Waals surface area contributed by atoms with E-state index in [2.05, 4.69) is 4.40 Å². The van der Waals surface area contributed by atoms with Gasteiger partial charge in [-0.05, 0) is 30.7 Å². The van der Waals surface area contributed by atoms with Gasteiger partial charge in [0, 0.05) is 5.56 Å². The number of hydrogen-bond donors (Lipinski definition) is 0. The largest absolute Gasteiger partial charge is 0.591 e. The molecule has 112 valence electrons. The molecule has 0 saturated carbocycles. The van der Waals surface area contributed by atoms with Crippen molar-refractivity contribution < 1.29 is 22.5 Å². The van der Waals surface area contributed by atoms with Gasteiger partial charge in [-0.1, -0.05) is 17.7 Å². The fourth-order valence-corrected chi connectivity index (χ4v) is 1.91. The van der Waals surface area contributed by atoms with E-state index in [0.717, 1.165) is 19.1 Å². The maximum Gasteiger partial charge on any atom is 0.438 e. The van der Waals surface area contributed by atoms with Crippen molar-refractivity contribution in [3.05, 3.63) is 29.8 Å². The van der Waals surface area contributed by atoms with Crippen LogP contribution in [0.2, 0.25) is 0 Å². The number of benzene rings is 1. The molecule has 0 aliphatic carbocycles. The molecular weight excluding hydrogens is 291 g/mol. The minimum atomic E-state index is -4.64. The van der Waals surface area contributed by atoms with Crippen molar-refractivity contribution in [1.82, 2.24) is 0 Å². The Hall–Kier alpha value is -1.21. The van der Waals surface area contributed by atoms with Gasteiger partial charge >= 0.3 is 6.18 Å².